The smallest absolute Gasteiger partial charge is 0.307 e. The number of benzene rings is 1. The fourth-order valence-corrected chi connectivity index (χ4v) is 1.38. The van der Waals surface area contributed by atoms with Crippen LogP contribution in [0.4, 0.5) is 10.5 Å². The molecule has 0 aromatic heterocycles. The van der Waals surface area contributed by atoms with Gasteiger partial charge in [-0.1, -0.05) is 32.9 Å². The molecule has 0 radical (unpaired) electrons. The van der Waals surface area contributed by atoms with E-state index in [-0.39, 0.29) is 5.41 Å². The first-order chi connectivity index (χ1) is 7.34. The van der Waals surface area contributed by atoms with Crippen LogP contribution < -0.4 is 16.6 Å². The summed E-state index contributed by atoms with van der Waals surface area (Å²) in [5.41, 5.74) is 5.08. The highest BCUT2D eigenvalue weighted by molar-refractivity contribution is 5.89. The summed E-state index contributed by atoms with van der Waals surface area (Å²) < 4.78 is 0. The fourth-order valence-electron chi connectivity index (χ4n) is 1.38. The first kappa shape index (κ1) is 12.5. The van der Waals surface area contributed by atoms with Gasteiger partial charge in [0.05, 0.1) is 0 Å². The van der Waals surface area contributed by atoms with Crippen molar-refractivity contribution in [1.82, 2.24) is 5.43 Å². The maximum absolute atomic E-state index is 11.1. The Bertz CT molecular complexity index is 394. The summed E-state index contributed by atoms with van der Waals surface area (Å²) in [6.45, 7) is 8.33. The summed E-state index contributed by atoms with van der Waals surface area (Å²) in [6, 6.07) is 5.63. The molecule has 4 nitrogen and oxygen atoms in total. The van der Waals surface area contributed by atoms with E-state index >= 15 is 0 Å². The minimum Gasteiger partial charge on any atom is -0.307 e. The number of nitrogens with two attached hydrogens (primary N) is 1. The van der Waals surface area contributed by atoms with E-state index in [1.165, 1.54) is 5.56 Å². The molecule has 0 unspecified atom stereocenters. The number of urea groups is 1. The van der Waals surface area contributed by atoms with Gasteiger partial charge in [-0.2, -0.15) is 0 Å². The van der Waals surface area contributed by atoms with E-state index in [0.29, 0.717) is 0 Å². The third-order valence-electron chi connectivity index (χ3n) is 2.48. The van der Waals surface area contributed by atoms with Gasteiger partial charge in [-0.25, -0.2) is 10.6 Å². The van der Waals surface area contributed by atoms with Crippen LogP contribution in [-0.4, -0.2) is 6.03 Å². The van der Waals surface area contributed by atoms with Crippen LogP contribution in [0.2, 0.25) is 0 Å². The highest BCUT2D eigenvalue weighted by Gasteiger charge is 2.15. The summed E-state index contributed by atoms with van der Waals surface area (Å²) in [5.74, 6) is 5.03. The second-order valence-corrected chi connectivity index (χ2v) is 4.88. The monoisotopic (exact) mass is 221 g/mol. The third-order valence-corrected chi connectivity index (χ3v) is 2.48. The number of carbonyl (C=O) groups is 1. The van der Waals surface area contributed by atoms with Crippen molar-refractivity contribution < 1.29 is 4.79 Å². The second kappa shape index (κ2) is 4.53. The first-order valence-electron chi connectivity index (χ1n) is 5.23. The Hall–Kier alpha value is -1.55. The lowest BCUT2D eigenvalue weighted by molar-refractivity contribution is 0.252. The normalized spacial score (nSPS) is 11.1. The van der Waals surface area contributed by atoms with Crippen LogP contribution in [0.1, 0.15) is 31.9 Å². The lowest BCUT2D eigenvalue weighted by Gasteiger charge is -2.20. The molecule has 4 heteroatoms. The van der Waals surface area contributed by atoms with Gasteiger partial charge in [-0.3, -0.25) is 5.43 Å². The van der Waals surface area contributed by atoms with Crippen molar-refractivity contribution in [2.24, 2.45) is 5.84 Å². The molecule has 4 N–H and O–H groups in total. The number of hydrogen-bond acceptors (Lipinski definition) is 2. The molecular weight excluding hydrogens is 202 g/mol. The maximum Gasteiger partial charge on any atom is 0.333 e. The van der Waals surface area contributed by atoms with E-state index in [1.807, 2.05) is 24.5 Å². The van der Waals surface area contributed by atoms with Crippen molar-refractivity contribution in [2.75, 3.05) is 5.32 Å². The average molecular weight is 221 g/mol. The zero-order valence-electron chi connectivity index (χ0n) is 10.2. The topological polar surface area (TPSA) is 67.2 Å². The Labute approximate surface area is 96.2 Å². The molecule has 0 fully saturated rings. The van der Waals surface area contributed by atoms with Crippen molar-refractivity contribution in [3.8, 4) is 0 Å². The van der Waals surface area contributed by atoms with E-state index < -0.39 is 6.03 Å². The molecule has 0 aliphatic heterocycles. The molecule has 1 aromatic carbocycles. The molecular formula is C12H19N3O. The van der Waals surface area contributed by atoms with Crippen molar-refractivity contribution in [3.63, 3.8) is 0 Å². The van der Waals surface area contributed by atoms with Crippen molar-refractivity contribution in [1.29, 1.82) is 0 Å². The third kappa shape index (κ3) is 2.97. The molecule has 0 aliphatic carbocycles. The molecule has 2 amide bonds. The molecule has 0 spiro atoms. The molecule has 88 valence electrons. The predicted molar refractivity (Wildman–Crippen MR) is 66.2 cm³/mol. The molecule has 0 atom stereocenters. The first-order valence-corrected chi connectivity index (χ1v) is 5.23. The van der Waals surface area contributed by atoms with Crippen LogP contribution >= 0.6 is 0 Å². The van der Waals surface area contributed by atoms with Crippen molar-refractivity contribution >= 4 is 11.7 Å². The summed E-state index contributed by atoms with van der Waals surface area (Å²) >= 11 is 0. The Morgan fingerprint density at radius 1 is 1.31 bits per heavy atom. The Balaban J connectivity index is 3.04. The van der Waals surface area contributed by atoms with E-state index in [0.717, 1.165) is 11.3 Å². The molecule has 16 heavy (non-hydrogen) atoms. The lowest BCUT2D eigenvalue weighted by atomic mass is 9.86. The Morgan fingerprint density at radius 3 is 2.44 bits per heavy atom. The van der Waals surface area contributed by atoms with Gasteiger partial charge in [0.2, 0.25) is 0 Å². The van der Waals surface area contributed by atoms with E-state index in [1.54, 1.807) is 0 Å². The van der Waals surface area contributed by atoms with Crippen LogP contribution in [0.3, 0.4) is 0 Å². The van der Waals surface area contributed by atoms with Gasteiger partial charge in [0.15, 0.2) is 0 Å². The van der Waals surface area contributed by atoms with Gasteiger partial charge in [0, 0.05) is 5.69 Å². The number of amides is 2. The minimum absolute atomic E-state index is 0.0589. The van der Waals surface area contributed by atoms with Crippen LogP contribution in [-0.2, 0) is 5.41 Å². The minimum atomic E-state index is -0.408. The second-order valence-electron chi connectivity index (χ2n) is 4.88. The molecule has 0 saturated heterocycles. The standard InChI is InChI=1S/C12H19N3O/c1-8-5-6-9(12(2,3)4)7-10(8)14-11(16)15-13/h5-7H,13H2,1-4H3,(H2,14,15,16). The zero-order chi connectivity index (χ0) is 12.3. The highest BCUT2D eigenvalue weighted by atomic mass is 16.2. The summed E-state index contributed by atoms with van der Waals surface area (Å²) in [5, 5.41) is 2.70. The number of carbonyl (C=O) groups excluding carboxylic acids is 1. The van der Waals surface area contributed by atoms with Gasteiger partial charge >= 0.3 is 6.03 Å². The van der Waals surface area contributed by atoms with E-state index in [4.69, 9.17) is 5.84 Å². The molecule has 0 bridgehead atoms. The van der Waals surface area contributed by atoms with Crippen LogP contribution in [0, 0.1) is 6.92 Å². The van der Waals surface area contributed by atoms with Gasteiger partial charge in [0.25, 0.3) is 0 Å². The van der Waals surface area contributed by atoms with Gasteiger partial charge in [0.1, 0.15) is 0 Å². The number of hydrazine groups is 1. The summed E-state index contributed by atoms with van der Waals surface area (Å²) in [4.78, 5) is 11.1. The summed E-state index contributed by atoms with van der Waals surface area (Å²) in [6.07, 6.45) is 0. The zero-order valence-corrected chi connectivity index (χ0v) is 10.2. The SMILES string of the molecule is Cc1ccc(C(C)(C)C)cc1NC(=O)NN. The molecule has 0 saturated carbocycles. The molecule has 0 aliphatic rings. The van der Waals surface area contributed by atoms with Crippen LogP contribution in [0.5, 0.6) is 0 Å². The molecule has 1 rings (SSSR count). The van der Waals surface area contributed by atoms with E-state index in [9.17, 15) is 4.79 Å². The quantitative estimate of drug-likeness (QED) is 0.387. The van der Waals surface area contributed by atoms with E-state index in [2.05, 4.69) is 32.2 Å². The highest BCUT2D eigenvalue weighted by Crippen LogP contribution is 2.26. The largest absolute Gasteiger partial charge is 0.333 e. The number of hydrogen-bond donors (Lipinski definition) is 3. The average Bonchev–Trinajstić information content (AvgIpc) is 2.19. The van der Waals surface area contributed by atoms with Crippen molar-refractivity contribution in [3.05, 3.63) is 29.3 Å². The number of nitrogens with one attached hydrogen (secondary N) is 2. The van der Waals surface area contributed by atoms with Gasteiger partial charge in [-0.15, -0.1) is 0 Å². The Morgan fingerprint density at radius 2 is 1.94 bits per heavy atom. The van der Waals surface area contributed by atoms with Crippen LogP contribution in [0.15, 0.2) is 18.2 Å². The summed E-state index contributed by atoms with van der Waals surface area (Å²) in [7, 11) is 0. The number of rotatable bonds is 1. The Kier molecular flexibility index (Phi) is 3.55. The van der Waals surface area contributed by atoms with Crippen LogP contribution in [0.25, 0.3) is 0 Å². The van der Waals surface area contributed by atoms with Gasteiger partial charge in [-0.05, 0) is 29.5 Å². The predicted octanol–water partition coefficient (Wildman–Crippen LogP) is 2.29. The van der Waals surface area contributed by atoms with Crippen molar-refractivity contribution in [2.45, 2.75) is 33.1 Å². The lowest BCUT2D eigenvalue weighted by Crippen LogP contribution is -2.34. The molecule has 0 heterocycles. The number of aryl methyl sites for hydroxylation is 1. The van der Waals surface area contributed by atoms with Gasteiger partial charge < -0.3 is 5.32 Å². The number of anilines is 1. The maximum atomic E-state index is 11.1. The fraction of sp³-hybridized carbons (Fsp3) is 0.417. The molecule has 1 aromatic rings.